The quantitative estimate of drug-likeness (QED) is 0.926. The second-order valence-corrected chi connectivity index (χ2v) is 7.05. The van der Waals surface area contributed by atoms with Crippen molar-refractivity contribution in [3.8, 4) is 0 Å². The molecule has 1 aromatic heterocycles. The average molecular weight is 312 g/mol. The fourth-order valence-corrected chi connectivity index (χ4v) is 4.09. The van der Waals surface area contributed by atoms with E-state index in [2.05, 4.69) is 29.2 Å². The molecule has 2 aliphatic rings. The van der Waals surface area contributed by atoms with Gasteiger partial charge in [-0.05, 0) is 44.4 Å². The van der Waals surface area contributed by atoms with Crippen LogP contribution in [0.3, 0.4) is 0 Å². The van der Waals surface area contributed by atoms with Crippen molar-refractivity contribution in [1.82, 2.24) is 4.98 Å². The maximum atomic E-state index is 10.8. The van der Waals surface area contributed by atoms with E-state index >= 15 is 0 Å². The van der Waals surface area contributed by atoms with E-state index in [9.17, 15) is 5.11 Å². The van der Waals surface area contributed by atoms with E-state index in [1.807, 2.05) is 19.1 Å². The van der Waals surface area contributed by atoms with Gasteiger partial charge in [-0.1, -0.05) is 18.2 Å². The summed E-state index contributed by atoms with van der Waals surface area (Å²) in [5, 5.41) is 12.0. The van der Waals surface area contributed by atoms with Gasteiger partial charge in [0.25, 0.3) is 0 Å². The molecule has 122 valence electrons. The Kier molecular flexibility index (Phi) is 3.74. The van der Waals surface area contributed by atoms with Crippen molar-refractivity contribution < 1.29 is 9.84 Å². The number of benzene rings is 1. The number of pyridine rings is 1. The third-order valence-electron chi connectivity index (χ3n) is 5.49. The van der Waals surface area contributed by atoms with Gasteiger partial charge in [0.2, 0.25) is 0 Å². The van der Waals surface area contributed by atoms with Crippen LogP contribution < -0.4 is 4.90 Å². The number of rotatable bonds is 2. The number of fused-ring (bicyclic) bond motifs is 1. The molecule has 0 radical (unpaired) electrons. The van der Waals surface area contributed by atoms with Gasteiger partial charge in [-0.2, -0.15) is 0 Å². The first-order valence-corrected chi connectivity index (χ1v) is 8.58. The Bertz CT molecular complexity index is 701. The van der Waals surface area contributed by atoms with Gasteiger partial charge in [-0.15, -0.1) is 0 Å². The Hall–Kier alpha value is -1.65. The number of anilines is 1. The molecule has 0 amide bonds. The molecule has 2 aliphatic heterocycles. The van der Waals surface area contributed by atoms with Crippen LogP contribution in [0.4, 0.5) is 5.82 Å². The zero-order valence-electron chi connectivity index (χ0n) is 13.6. The molecular formula is C19H24N2O2. The van der Waals surface area contributed by atoms with Gasteiger partial charge in [-0.25, -0.2) is 4.98 Å². The summed E-state index contributed by atoms with van der Waals surface area (Å²) < 4.78 is 5.68. The Morgan fingerprint density at radius 2 is 2.13 bits per heavy atom. The van der Waals surface area contributed by atoms with Crippen LogP contribution in [0.5, 0.6) is 0 Å². The van der Waals surface area contributed by atoms with Crippen molar-refractivity contribution in [1.29, 1.82) is 0 Å². The Labute approximate surface area is 137 Å². The summed E-state index contributed by atoms with van der Waals surface area (Å²) in [6.45, 7) is 4.26. The monoisotopic (exact) mass is 312 g/mol. The molecule has 2 fully saturated rings. The molecule has 3 heterocycles. The first-order chi connectivity index (χ1) is 11.1. The predicted molar refractivity (Wildman–Crippen MR) is 91.7 cm³/mol. The molecule has 0 bridgehead atoms. The third-order valence-corrected chi connectivity index (χ3v) is 5.49. The van der Waals surface area contributed by atoms with Crippen LogP contribution in [-0.2, 0) is 4.74 Å². The summed E-state index contributed by atoms with van der Waals surface area (Å²) >= 11 is 0. The number of aromatic nitrogens is 1. The van der Waals surface area contributed by atoms with Crippen molar-refractivity contribution in [2.75, 3.05) is 24.7 Å². The summed E-state index contributed by atoms with van der Waals surface area (Å²) in [5.74, 6) is 1.17. The minimum absolute atomic E-state index is 0.145. The van der Waals surface area contributed by atoms with Gasteiger partial charge in [0, 0.05) is 30.5 Å². The van der Waals surface area contributed by atoms with Crippen molar-refractivity contribution in [2.45, 2.75) is 37.8 Å². The van der Waals surface area contributed by atoms with Crippen molar-refractivity contribution >= 4 is 16.7 Å². The van der Waals surface area contributed by atoms with E-state index in [1.54, 1.807) is 0 Å². The highest BCUT2D eigenvalue weighted by molar-refractivity contribution is 5.80. The molecule has 0 unspecified atom stereocenters. The van der Waals surface area contributed by atoms with Gasteiger partial charge in [-0.3, -0.25) is 0 Å². The van der Waals surface area contributed by atoms with Crippen LogP contribution >= 0.6 is 0 Å². The molecule has 4 heteroatoms. The van der Waals surface area contributed by atoms with Crippen LogP contribution in [0.25, 0.3) is 10.9 Å². The molecular weight excluding hydrogens is 288 g/mol. The fraction of sp³-hybridized carbons (Fsp3) is 0.526. The highest BCUT2D eigenvalue weighted by atomic mass is 16.5. The Morgan fingerprint density at radius 1 is 1.26 bits per heavy atom. The molecule has 0 saturated carbocycles. The zero-order chi connectivity index (χ0) is 15.9. The van der Waals surface area contributed by atoms with E-state index in [0.29, 0.717) is 25.7 Å². The lowest BCUT2D eigenvalue weighted by atomic mass is 9.79. The zero-order valence-corrected chi connectivity index (χ0v) is 13.6. The molecule has 0 aliphatic carbocycles. The van der Waals surface area contributed by atoms with Crippen LogP contribution in [0, 0.1) is 5.92 Å². The first kappa shape index (κ1) is 14.9. The lowest BCUT2D eigenvalue weighted by Crippen LogP contribution is -2.52. The largest absolute Gasteiger partial charge is 0.390 e. The van der Waals surface area contributed by atoms with Gasteiger partial charge < -0.3 is 14.7 Å². The van der Waals surface area contributed by atoms with Gasteiger partial charge in [0.15, 0.2) is 0 Å². The molecule has 1 aromatic carbocycles. The minimum Gasteiger partial charge on any atom is -0.390 e. The minimum atomic E-state index is -0.650. The standard InChI is InChI=1S/C19H24N2O2/c1-19(22)10-12-23-13-15(19)17-7-4-11-21(17)18-9-8-14-5-2-3-6-16(14)20-18/h2-3,5-6,8-9,15,17,22H,4,7,10-13H2,1H3/t15-,17+,19-/m0/s1. The highest BCUT2D eigenvalue weighted by Gasteiger charge is 2.44. The predicted octanol–water partition coefficient (Wildman–Crippen LogP) is 2.99. The normalized spacial score (nSPS) is 31.7. The number of ether oxygens (including phenoxy) is 1. The highest BCUT2D eigenvalue weighted by Crippen LogP contribution is 2.37. The Balaban J connectivity index is 1.66. The first-order valence-electron chi connectivity index (χ1n) is 8.58. The number of hydrogen-bond donors (Lipinski definition) is 1. The second kappa shape index (κ2) is 5.77. The SMILES string of the molecule is C[C@]1(O)CCOC[C@H]1[C@H]1CCCN1c1ccc2ccccc2n1. The van der Waals surface area contributed by atoms with Crippen LogP contribution in [0.1, 0.15) is 26.2 Å². The van der Waals surface area contributed by atoms with Crippen molar-refractivity contribution in [3.05, 3.63) is 36.4 Å². The Morgan fingerprint density at radius 3 is 3.00 bits per heavy atom. The second-order valence-electron chi connectivity index (χ2n) is 7.05. The third kappa shape index (κ3) is 2.70. The molecule has 0 spiro atoms. The number of hydrogen-bond acceptors (Lipinski definition) is 4. The molecule has 4 rings (SSSR count). The van der Waals surface area contributed by atoms with Crippen molar-refractivity contribution in [3.63, 3.8) is 0 Å². The topological polar surface area (TPSA) is 45.6 Å². The van der Waals surface area contributed by atoms with Crippen LogP contribution in [-0.4, -0.2) is 41.5 Å². The number of nitrogens with zero attached hydrogens (tertiary/aromatic N) is 2. The van der Waals surface area contributed by atoms with E-state index in [1.165, 1.54) is 5.39 Å². The maximum absolute atomic E-state index is 10.8. The van der Waals surface area contributed by atoms with E-state index < -0.39 is 5.60 Å². The molecule has 3 atom stereocenters. The average Bonchev–Trinajstić information content (AvgIpc) is 3.03. The molecule has 23 heavy (non-hydrogen) atoms. The van der Waals surface area contributed by atoms with Gasteiger partial charge >= 0.3 is 0 Å². The van der Waals surface area contributed by atoms with Crippen LogP contribution in [0.2, 0.25) is 0 Å². The summed E-state index contributed by atoms with van der Waals surface area (Å²) in [5.41, 5.74) is 0.379. The summed E-state index contributed by atoms with van der Waals surface area (Å²) in [6, 6.07) is 12.8. The summed E-state index contributed by atoms with van der Waals surface area (Å²) in [7, 11) is 0. The fourth-order valence-electron chi connectivity index (χ4n) is 4.09. The van der Waals surface area contributed by atoms with Crippen LogP contribution in [0.15, 0.2) is 36.4 Å². The lowest BCUT2D eigenvalue weighted by Gasteiger charge is -2.43. The molecule has 2 aromatic rings. The molecule has 4 nitrogen and oxygen atoms in total. The molecule has 2 saturated heterocycles. The van der Waals surface area contributed by atoms with Crippen molar-refractivity contribution in [2.24, 2.45) is 5.92 Å². The summed E-state index contributed by atoms with van der Waals surface area (Å²) in [6.07, 6.45) is 2.96. The van der Waals surface area contributed by atoms with Gasteiger partial charge in [0.05, 0.1) is 17.7 Å². The number of para-hydroxylation sites is 1. The maximum Gasteiger partial charge on any atom is 0.129 e. The number of aliphatic hydroxyl groups is 1. The smallest absolute Gasteiger partial charge is 0.129 e. The van der Waals surface area contributed by atoms with E-state index in [4.69, 9.17) is 9.72 Å². The van der Waals surface area contributed by atoms with E-state index in [-0.39, 0.29) is 5.92 Å². The summed E-state index contributed by atoms with van der Waals surface area (Å²) in [4.78, 5) is 7.23. The van der Waals surface area contributed by atoms with E-state index in [0.717, 1.165) is 30.7 Å². The lowest BCUT2D eigenvalue weighted by molar-refractivity contribution is -0.108. The van der Waals surface area contributed by atoms with Gasteiger partial charge in [0.1, 0.15) is 5.82 Å². The molecule has 1 N–H and O–H groups in total.